The largest absolute Gasteiger partial charge is 0.488 e. The molecule has 2 rings (SSSR count). The summed E-state index contributed by atoms with van der Waals surface area (Å²) in [6, 6.07) is 9.68. The van der Waals surface area contributed by atoms with E-state index >= 15 is 0 Å². The Hall–Kier alpha value is -1.80. The van der Waals surface area contributed by atoms with Crippen molar-refractivity contribution in [1.29, 1.82) is 0 Å². The van der Waals surface area contributed by atoms with Crippen molar-refractivity contribution in [3.05, 3.63) is 51.7 Å². The summed E-state index contributed by atoms with van der Waals surface area (Å²) in [5.74, 6) is 6.29. The van der Waals surface area contributed by atoms with Crippen LogP contribution in [0.25, 0.3) is 0 Å². The van der Waals surface area contributed by atoms with E-state index < -0.39 is 0 Å². The van der Waals surface area contributed by atoms with Gasteiger partial charge in [0, 0.05) is 22.4 Å². The van der Waals surface area contributed by atoms with E-state index in [1.807, 2.05) is 35.7 Å². The molecule has 0 aliphatic heterocycles. The minimum Gasteiger partial charge on any atom is -0.488 e. The van der Waals surface area contributed by atoms with Gasteiger partial charge in [0.15, 0.2) is 0 Å². The summed E-state index contributed by atoms with van der Waals surface area (Å²) in [5, 5.41) is 19.6. The molecule has 0 atom stereocenters. The van der Waals surface area contributed by atoms with Crippen LogP contribution in [0.2, 0.25) is 0 Å². The third-order valence-corrected chi connectivity index (χ3v) is 3.60. The van der Waals surface area contributed by atoms with Gasteiger partial charge < -0.3 is 14.9 Å². The lowest BCUT2D eigenvalue weighted by Gasteiger charge is -2.09. The predicted octanol–water partition coefficient (Wildman–Crippen LogP) is 2.21. The fourth-order valence-corrected chi connectivity index (χ4v) is 2.51. The Morgan fingerprint density at radius 3 is 2.85 bits per heavy atom. The van der Waals surface area contributed by atoms with Gasteiger partial charge in [-0.25, -0.2) is 0 Å². The van der Waals surface area contributed by atoms with Gasteiger partial charge in [-0.05, 0) is 24.1 Å². The molecule has 0 aliphatic rings. The molecule has 2 N–H and O–H groups in total. The second-order valence-corrected chi connectivity index (χ2v) is 5.13. The Morgan fingerprint density at radius 2 is 2.05 bits per heavy atom. The van der Waals surface area contributed by atoms with E-state index in [0.29, 0.717) is 13.0 Å². The molecule has 1 aromatic heterocycles. The predicted molar refractivity (Wildman–Crippen MR) is 79.8 cm³/mol. The number of rotatable bonds is 5. The molecular formula is C16H16O3S. The van der Waals surface area contributed by atoms with Gasteiger partial charge in [0.25, 0.3) is 0 Å². The molecule has 0 radical (unpaired) electrons. The maximum absolute atomic E-state index is 9.03. The zero-order valence-corrected chi connectivity index (χ0v) is 11.8. The average Bonchev–Trinajstić information content (AvgIpc) is 2.92. The molecule has 0 amide bonds. The van der Waals surface area contributed by atoms with Gasteiger partial charge in [-0.2, -0.15) is 0 Å². The molecule has 0 bridgehead atoms. The molecule has 0 saturated carbocycles. The van der Waals surface area contributed by atoms with E-state index in [1.54, 1.807) is 11.3 Å². The fourth-order valence-electron chi connectivity index (χ4n) is 1.78. The lowest BCUT2D eigenvalue weighted by molar-refractivity contribution is 0.285. The van der Waals surface area contributed by atoms with Crippen LogP contribution >= 0.6 is 11.3 Å². The first-order valence-corrected chi connectivity index (χ1v) is 7.20. The van der Waals surface area contributed by atoms with Crippen LogP contribution in [0.15, 0.2) is 35.7 Å². The number of para-hydroxylation sites is 1. The quantitative estimate of drug-likeness (QED) is 0.829. The highest BCUT2D eigenvalue weighted by Crippen LogP contribution is 2.21. The summed E-state index contributed by atoms with van der Waals surface area (Å²) in [6.07, 6.45) is 0.591. The first-order chi connectivity index (χ1) is 9.83. The Morgan fingerprint density at radius 1 is 1.20 bits per heavy atom. The van der Waals surface area contributed by atoms with Crippen LogP contribution in [0, 0.1) is 11.8 Å². The van der Waals surface area contributed by atoms with Gasteiger partial charge in [0.05, 0.1) is 0 Å². The van der Waals surface area contributed by atoms with Crippen molar-refractivity contribution in [3.63, 3.8) is 0 Å². The third-order valence-electron chi connectivity index (χ3n) is 2.69. The molecule has 2 aromatic rings. The smallest absolute Gasteiger partial charge is 0.123 e. The van der Waals surface area contributed by atoms with Gasteiger partial charge in [0.1, 0.15) is 19.0 Å². The van der Waals surface area contributed by atoms with Gasteiger partial charge >= 0.3 is 0 Å². The summed E-state index contributed by atoms with van der Waals surface area (Å²) in [4.78, 5) is 1.08. The lowest BCUT2D eigenvalue weighted by atomic mass is 10.1. The molecule has 0 saturated heterocycles. The first kappa shape index (κ1) is 14.6. The average molecular weight is 288 g/mol. The number of hydrogen-bond acceptors (Lipinski definition) is 4. The molecule has 20 heavy (non-hydrogen) atoms. The minimum atomic E-state index is -0.129. The maximum Gasteiger partial charge on any atom is 0.123 e. The summed E-state index contributed by atoms with van der Waals surface area (Å²) in [7, 11) is 0. The molecular weight excluding hydrogens is 272 g/mol. The van der Waals surface area contributed by atoms with Crippen molar-refractivity contribution in [2.45, 2.75) is 13.0 Å². The van der Waals surface area contributed by atoms with Gasteiger partial charge in [-0.3, -0.25) is 0 Å². The molecule has 3 nitrogen and oxygen atoms in total. The van der Waals surface area contributed by atoms with Crippen molar-refractivity contribution in [2.24, 2.45) is 0 Å². The van der Waals surface area contributed by atoms with E-state index in [4.69, 9.17) is 14.9 Å². The number of hydrogen-bond donors (Lipinski definition) is 2. The summed E-state index contributed by atoms with van der Waals surface area (Å²) in [6.45, 7) is 0.463. The molecule has 4 heteroatoms. The highest BCUT2D eigenvalue weighted by molar-refractivity contribution is 7.10. The zero-order chi connectivity index (χ0) is 14.2. The van der Waals surface area contributed by atoms with Crippen molar-refractivity contribution in [3.8, 4) is 17.6 Å². The van der Waals surface area contributed by atoms with Crippen LogP contribution in [0.3, 0.4) is 0 Å². The van der Waals surface area contributed by atoms with Crippen LogP contribution < -0.4 is 4.74 Å². The number of thiophene rings is 1. The van der Waals surface area contributed by atoms with Crippen LogP contribution in [0.4, 0.5) is 0 Å². The van der Waals surface area contributed by atoms with E-state index in [9.17, 15) is 0 Å². The first-order valence-electron chi connectivity index (χ1n) is 6.32. The van der Waals surface area contributed by atoms with E-state index in [0.717, 1.165) is 21.8 Å². The lowest BCUT2D eigenvalue weighted by Crippen LogP contribution is -1.99. The molecule has 1 heterocycles. The molecule has 0 fully saturated rings. The molecule has 0 aliphatic carbocycles. The second-order valence-electron chi connectivity index (χ2n) is 4.13. The normalized spacial score (nSPS) is 9.90. The van der Waals surface area contributed by atoms with Gasteiger partial charge in [-0.1, -0.05) is 30.0 Å². The minimum absolute atomic E-state index is 0.111. The van der Waals surface area contributed by atoms with E-state index in [2.05, 4.69) is 11.8 Å². The maximum atomic E-state index is 9.03. The van der Waals surface area contributed by atoms with Crippen LogP contribution in [0.5, 0.6) is 5.75 Å². The van der Waals surface area contributed by atoms with Crippen molar-refractivity contribution >= 4 is 11.3 Å². The number of aliphatic hydroxyl groups excluding tert-OH is 2. The van der Waals surface area contributed by atoms with Crippen molar-refractivity contribution in [2.75, 3.05) is 13.2 Å². The van der Waals surface area contributed by atoms with Crippen molar-refractivity contribution in [1.82, 2.24) is 0 Å². The monoisotopic (exact) mass is 288 g/mol. The highest BCUT2D eigenvalue weighted by atomic mass is 32.1. The van der Waals surface area contributed by atoms with Gasteiger partial charge in [-0.15, -0.1) is 11.3 Å². The molecule has 1 aromatic carbocycles. The Balaban J connectivity index is 2.00. The summed E-state index contributed by atoms with van der Waals surface area (Å²) >= 11 is 1.58. The zero-order valence-electron chi connectivity index (χ0n) is 11.0. The second kappa shape index (κ2) is 7.71. The van der Waals surface area contributed by atoms with E-state index in [-0.39, 0.29) is 13.2 Å². The Kier molecular flexibility index (Phi) is 5.63. The SMILES string of the molecule is OCC#Cc1csc(COc2ccccc2CCO)c1. The number of aliphatic hydroxyl groups is 2. The topological polar surface area (TPSA) is 49.7 Å². The third kappa shape index (κ3) is 4.10. The number of benzene rings is 1. The van der Waals surface area contributed by atoms with Crippen molar-refractivity contribution < 1.29 is 14.9 Å². The summed E-state index contributed by atoms with van der Waals surface area (Å²) in [5.41, 5.74) is 1.90. The summed E-state index contributed by atoms with van der Waals surface area (Å²) < 4.78 is 5.80. The fraction of sp³-hybridized carbons (Fsp3) is 0.250. The Bertz CT molecular complexity index is 607. The van der Waals surface area contributed by atoms with Crippen LogP contribution in [0.1, 0.15) is 16.0 Å². The number of ether oxygens (including phenoxy) is 1. The van der Waals surface area contributed by atoms with Gasteiger partial charge in [0.2, 0.25) is 0 Å². The molecule has 0 spiro atoms. The highest BCUT2D eigenvalue weighted by Gasteiger charge is 2.04. The van der Waals surface area contributed by atoms with Crippen LogP contribution in [-0.4, -0.2) is 23.4 Å². The standard InChI is InChI=1S/C16H16O3S/c17-8-3-4-13-10-15(20-12-13)11-19-16-6-2-1-5-14(16)7-9-18/h1-2,5-6,10,12,17-18H,7-9,11H2. The Labute approximate surface area is 122 Å². The van der Waals surface area contributed by atoms with Crippen LogP contribution in [-0.2, 0) is 13.0 Å². The molecule has 104 valence electrons. The van der Waals surface area contributed by atoms with E-state index in [1.165, 1.54) is 0 Å². The molecule has 0 unspecified atom stereocenters.